The Labute approximate surface area is 167 Å². The van der Waals surface area contributed by atoms with E-state index >= 15 is 0 Å². The molecule has 1 aromatic heterocycles. The molecular weight excluding hydrogens is 378 g/mol. The van der Waals surface area contributed by atoms with Gasteiger partial charge in [0.05, 0.1) is 12.7 Å². The number of anilines is 2. The maximum absolute atomic E-state index is 12.4. The van der Waals surface area contributed by atoms with Crippen LogP contribution in [0.1, 0.15) is 26.3 Å². The van der Waals surface area contributed by atoms with Gasteiger partial charge in [-0.1, -0.05) is 29.8 Å². The van der Waals surface area contributed by atoms with Crippen molar-refractivity contribution >= 4 is 35.0 Å². The molecule has 0 spiro atoms. The van der Waals surface area contributed by atoms with Crippen LogP contribution in [-0.2, 0) is 11.3 Å². The second kappa shape index (κ2) is 9.01. The first-order chi connectivity index (χ1) is 13.5. The number of aromatic nitrogens is 1. The van der Waals surface area contributed by atoms with Crippen LogP contribution in [0.3, 0.4) is 0 Å². The van der Waals surface area contributed by atoms with Crippen LogP contribution in [0.25, 0.3) is 0 Å². The van der Waals surface area contributed by atoms with E-state index in [0.29, 0.717) is 34.2 Å². The molecule has 1 heterocycles. The number of ether oxygens (including phenoxy) is 1. The smallest absolute Gasteiger partial charge is 0.337 e. The van der Waals surface area contributed by atoms with Crippen molar-refractivity contribution in [2.45, 2.75) is 6.54 Å². The van der Waals surface area contributed by atoms with E-state index in [2.05, 4.69) is 15.6 Å². The van der Waals surface area contributed by atoms with Crippen molar-refractivity contribution in [2.24, 2.45) is 0 Å². The lowest BCUT2D eigenvalue weighted by Crippen LogP contribution is -2.22. The Kier molecular flexibility index (Phi) is 6.24. The van der Waals surface area contributed by atoms with E-state index in [1.165, 1.54) is 7.11 Å². The standard InChI is InChI=1S/C21H18ClN3O3/c1-28-21(27)16-3-2-4-18(11-16)25-19-12-15(9-10-23-19)20(26)24-13-14-5-7-17(22)8-6-14/h2-12H,13H2,1H3,(H,23,25)(H,24,26). The lowest BCUT2D eigenvalue weighted by molar-refractivity contribution is 0.0600. The van der Waals surface area contributed by atoms with Gasteiger partial charge < -0.3 is 15.4 Å². The number of pyridine rings is 1. The minimum absolute atomic E-state index is 0.219. The third-order valence-electron chi connectivity index (χ3n) is 3.94. The number of carbonyl (C=O) groups excluding carboxylic acids is 2. The lowest BCUT2D eigenvalue weighted by atomic mass is 10.2. The van der Waals surface area contributed by atoms with Crippen molar-refractivity contribution in [1.29, 1.82) is 0 Å². The van der Waals surface area contributed by atoms with Crippen molar-refractivity contribution in [3.8, 4) is 0 Å². The molecule has 0 aliphatic heterocycles. The summed E-state index contributed by atoms with van der Waals surface area (Å²) in [7, 11) is 1.33. The number of esters is 1. The van der Waals surface area contributed by atoms with E-state index in [4.69, 9.17) is 16.3 Å². The predicted octanol–water partition coefficient (Wildman–Crippen LogP) is 4.20. The molecule has 0 unspecified atom stereocenters. The van der Waals surface area contributed by atoms with Gasteiger partial charge in [0.25, 0.3) is 5.91 Å². The predicted molar refractivity (Wildman–Crippen MR) is 108 cm³/mol. The third kappa shape index (κ3) is 5.08. The van der Waals surface area contributed by atoms with Crippen LogP contribution < -0.4 is 10.6 Å². The Bertz CT molecular complexity index is 990. The van der Waals surface area contributed by atoms with Gasteiger partial charge in [0.1, 0.15) is 5.82 Å². The number of nitrogens with zero attached hydrogens (tertiary/aromatic N) is 1. The van der Waals surface area contributed by atoms with Crippen LogP contribution in [0.4, 0.5) is 11.5 Å². The Balaban J connectivity index is 1.67. The number of rotatable bonds is 6. The molecule has 0 aliphatic rings. The average Bonchev–Trinajstić information content (AvgIpc) is 2.73. The van der Waals surface area contributed by atoms with Gasteiger partial charge in [-0.3, -0.25) is 4.79 Å². The molecule has 6 nitrogen and oxygen atoms in total. The first-order valence-electron chi connectivity index (χ1n) is 8.49. The Morgan fingerprint density at radius 3 is 2.57 bits per heavy atom. The second-order valence-electron chi connectivity index (χ2n) is 5.94. The van der Waals surface area contributed by atoms with Gasteiger partial charge in [-0.25, -0.2) is 9.78 Å². The van der Waals surface area contributed by atoms with E-state index in [9.17, 15) is 9.59 Å². The molecule has 142 valence electrons. The molecule has 3 rings (SSSR count). The molecule has 0 atom stereocenters. The van der Waals surface area contributed by atoms with Crippen LogP contribution in [-0.4, -0.2) is 24.0 Å². The van der Waals surface area contributed by atoms with Crippen LogP contribution in [0.2, 0.25) is 5.02 Å². The van der Waals surface area contributed by atoms with E-state index in [0.717, 1.165) is 5.56 Å². The Morgan fingerprint density at radius 2 is 1.82 bits per heavy atom. The summed E-state index contributed by atoms with van der Waals surface area (Å²) in [6.45, 7) is 0.391. The number of methoxy groups -OCH3 is 1. The highest BCUT2D eigenvalue weighted by Crippen LogP contribution is 2.17. The summed E-state index contributed by atoms with van der Waals surface area (Å²) in [5.41, 5.74) is 2.50. The minimum atomic E-state index is -0.424. The van der Waals surface area contributed by atoms with Gasteiger partial charge in [-0.15, -0.1) is 0 Å². The topological polar surface area (TPSA) is 80.3 Å². The van der Waals surface area contributed by atoms with Crippen LogP contribution in [0.15, 0.2) is 66.9 Å². The molecule has 0 aliphatic carbocycles. The largest absolute Gasteiger partial charge is 0.465 e. The lowest BCUT2D eigenvalue weighted by Gasteiger charge is -2.09. The van der Waals surface area contributed by atoms with Gasteiger partial charge in [-0.2, -0.15) is 0 Å². The number of carbonyl (C=O) groups is 2. The van der Waals surface area contributed by atoms with Crippen LogP contribution >= 0.6 is 11.6 Å². The number of amides is 1. The Morgan fingerprint density at radius 1 is 1.04 bits per heavy atom. The maximum Gasteiger partial charge on any atom is 0.337 e. The number of hydrogen-bond acceptors (Lipinski definition) is 5. The summed E-state index contributed by atoms with van der Waals surface area (Å²) in [4.78, 5) is 28.3. The third-order valence-corrected chi connectivity index (χ3v) is 4.20. The number of halogens is 1. The average molecular weight is 396 g/mol. The molecule has 2 aromatic carbocycles. The summed E-state index contributed by atoms with van der Waals surface area (Å²) in [5, 5.41) is 6.59. The molecule has 0 radical (unpaired) electrons. The zero-order chi connectivity index (χ0) is 19.9. The number of nitrogens with one attached hydrogen (secondary N) is 2. The molecule has 2 N–H and O–H groups in total. The summed E-state index contributed by atoms with van der Waals surface area (Å²) in [6, 6.07) is 17.4. The highest BCUT2D eigenvalue weighted by molar-refractivity contribution is 6.30. The van der Waals surface area contributed by atoms with Gasteiger partial charge in [-0.05, 0) is 48.0 Å². The summed E-state index contributed by atoms with van der Waals surface area (Å²) in [5.74, 6) is -0.156. The first kappa shape index (κ1) is 19.4. The highest BCUT2D eigenvalue weighted by Gasteiger charge is 2.09. The van der Waals surface area contributed by atoms with Crippen molar-refractivity contribution in [2.75, 3.05) is 12.4 Å². The SMILES string of the molecule is COC(=O)c1cccc(Nc2cc(C(=O)NCc3ccc(Cl)cc3)ccn2)c1. The maximum atomic E-state index is 12.4. The van der Waals surface area contributed by atoms with Crippen LogP contribution in [0, 0.1) is 0 Å². The molecular formula is C21H18ClN3O3. The van der Waals surface area contributed by atoms with E-state index in [1.807, 2.05) is 12.1 Å². The highest BCUT2D eigenvalue weighted by atomic mass is 35.5. The fourth-order valence-electron chi connectivity index (χ4n) is 2.52. The van der Waals surface area contributed by atoms with Crippen molar-refractivity contribution in [3.05, 3.63) is 88.6 Å². The molecule has 3 aromatic rings. The van der Waals surface area contributed by atoms with Gasteiger partial charge in [0, 0.05) is 29.0 Å². The summed E-state index contributed by atoms with van der Waals surface area (Å²) >= 11 is 5.86. The molecule has 0 bridgehead atoms. The fraction of sp³-hybridized carbons (Fsp3) is 0.0952. The van der Waals surface area contributed by atoms with E-state index < -0.39 is 5.97 Å². The van der Waals surface area contributed by atoms with Crippen LogP contribution in [0.5, 0.6) is 0 Å². The summed E-state index contributed by atoms with van der Waals surface area (Å²) < 4.78 is 4.72. The summed E-state index contributed by atoms with van der Waals surface area (Å²) in [6.07, 6.45) is 1.55. The molecule has 0 saturated heterocycles. The number of benzene rings is 2. The van der Waals surface area contributed by atoms with Gasteiger partial charge in [0.2, 0.25) is 0 Å². The van der Waals surface area contributed by atoms with Gasteiger partial charge in [0.15, 0.2) is 0 Å². The van der Waals surface area contributed by atoms with Crippen molar-refractivity contribution < 1.29 is 14.3 Å². The molecule has 28 heavy (non-hydrogen) atoms. The quantitative estimate of drug-likeness (QED) is 0.611. The Hall–Kier alpha value is -3.38. The fourth-order valence-corrected chi connectivity index (χ4v) is 2.64. The first-order valence-corrected chi connectivity index (χ1v) is 8.87. The second-order valence-corrected chi connectivity index (χ2v) is 6.37. The monoisotopic (exact) mass is 395 g/mol. The number of hydrogen-bond donors (Lipinski definition) is 2. The molecule has 0 saturated carbocycles. The van der Waals surface area contributed by atoms with E-state index in [1.54, 1.807) is 54.7 Å². The molecule has 1 amide bonds. The van der Waals surface area contributed by atoms with E-state index in [-0.39, 0.29) is 5.91 Å². The molecule has 7 heteroatoms. The van der Waals surface area contributed by atoms with Crippen molar-refractivity contribution in [1.82, 2.24) is 10.3 Å². The van der Waals surface area contributed by atoms with Crippen molar-refractivity contribution in [3.63, 3.8) is 0 Å². The normalized spacial score (nSPS) is 10.2. The van der Waals surface area contributed by atoms with Gasteiger partial charge >= 0.3 is 5.97 Å². The minimum Gasteiger partial charge on any atom is -0.465 e. The molecule has 0 fully saturated rings. The zero-order valence-electron chi connectivity index (χ0n) is 15.1. The zero-order valence-corrected chi connectivity index (χ0v) is 15.9.